The Morgan fingerprint density at radius 2 is 2.13 bits per heavy atom. The number of nitrogens with zero attached hydrogens (tertiary/aromatic N) is 1. The molecule has 1 saturated heterocycles. The average Bonchev–Trinajstić information content (AvgIpc) is 3.02. The van der Waals surface area contributed by atoms with E-state index in [0.29, 0.717) is 0 Å². The summed E-state index contributed by atoms with van der Waals surface area (Å²) in [5, 5.41) is 1.16. The number of hydrogen-bond donors (Lipinski definition) is 0. The number of aryl methyl sites for hydroxylation is 1. The third-order valence-electron chi connectivity index (χ3n) is 2.65. The van der Waals surface area contributed by atoms with Crippen LogP contribution in [0.1, 0.15) is 17.4 Å². The van der Waals surface area contributed by atoms with Crippen LogP contribution in [0.15, 0.2) is 28.7 Å². The summed E-state index contributed by atoms with van der Waals surface area (Å²) in [7, 11) is 0. The number of benzene rings is 1. The molecule has 15 heavy (non-hydrogen) atoms. The van der Waals surface area contributed by atoms with Gasteiger partial charge in [0.05, 0.1) is 12.1 Å². The van der Waals surface area contributed by atoms with Crippen molar-refractivity contribution in [3.63, 3.8) is 0 Å². The van der Waals surface area contributed by atoms with Gasteiger partial charge in [-0.1, -0.05) is 22.0 Å². The van der Waals surface area contributed by atoms with E-state index in [0.717, 1.165) is 27.7 Å². The van der Waals surface area contributed by atoms with Crippen molar-refractivity contribution in [2.45, 2.75) is 13.0 Å². The van der Waals surface area contributed by atoms with E-state index in [1.165, 1.54) is 5.56 Å². The second-order valence-corrected chi connectivity index (χ2v) is 4.66. The lowest BCUT2D eigenvalue weighted by Crippen LogP contribution is -1.90. The Balaban J connectivity index is 2.35. The van der Waals surface area contributed by atoms with E-state index in [1.807, 2.05) is 13.0 Å². The fourth-order valence-corrected chi connectivity index (χ4v) is 2.24. The lowest BCUT2D eigenvalue weighted by molar-refractivity contribution is 0.416. The largest absolute Gasteiger partial charge is 0.368 e. The zero-order valence-corrected chi connectivity index (χ0v) is 9.91. The summed E-state index contributed by atoms with van der Waals surface area (Å²) in [4.78, 5) is 4.59. The van der Waals surface area contributed by atoms with Gasteiger partial charge in [0.2, 0.25) is 0 Å². The summed E-state index contributed by atoms with van der Waals surface area (Å²) in [5.74, 6) is 0. The van der Waals surface area contributed by atoms with Crippen LogP contribution in [0.4, 0.5) is 0 Å². The number of fused-ring (bicyclic) bond motifs is 1. The van der Waals surface area contributed by atoms with Crippen molar-refractivity contribution < 1.29 is 4.74 Å². The predicted molar refractivity (Wildman–Crippen MR) is 62.9 cm³/mol. The average molecular weight is 264 g/mol. The van der Waals surface area contributed by atoms with E-state index in [1.54, 1.807) is 0 Å². The zero-order chi connectivity index (χ0) is 10.4. The Morgan fingerprint density at radius 3 is 2.87 bits per heavy atom. The maximum Gasteiger partial charge on any atom is 0.108 e. The van der Waals surface area contributed by atoms with Crippen molar-refractivity contribution >= 4 is 26.8 Å². The van der Waals surface area contributed by atoms with Crippen LogP contribution in [0.3, 0.4) is 0 Å². The van der Waals surface area contributed by atoms with Gasteiger partial charge in [0.25, 0.3) is 0 Å². The second-order valence-electron chi connectivity index (χ2n) is 3.81. The molecule has 1 atom stereocenters. The van der Waals surface area contributed by atoms with E-state index in [9.17, 15) is 0 Å². The molecule has 0 spiro atoms. The number of epoxide rings is 1. The Bertz CT molecular complexity index is 534. The van der Waals surface area contributed by atoms with Crippen LogP contribution in [-0.4, -0.2) is 11.6 Å². The first-order valence-electron chi connectivity index (χ1n) is 4.93. The molecule has 2 aromatic rings. The van der Waals surface area contributed by atoms with Gasteiger partial charge >= 0.3 is 0 Å². The van der Waals surface area contributed by atoms with Crippen LogP contribution < -0.4 is 0 Å². The Morgan fingerprint density at radius 1 is 1.33 bits per heavy atom. The predicted octanol–water partition coefficient (Wildman–Crippen LogP) is 3.38. The molecule has 2 nitrogen and oxygen atoms in total. The van der Waals surface area contributed by atoms with Crippen molar-refractivity contribution in [1.82, 2.24) is 4.98 Å². The van der Waals surface area contributed by atoms with Crippen molar-refractivity contribution in [2.75, 3.05) is 6.61 Å². The van der Waals surface area contributed by atoms with Crippen LogP contribution in [0.5, 0.6) is 0 Å². The molecule has 0 saturated carbocycles. The van der Waals surface area contributed by atoms with Crippen LogP contribution in [0, 0.1) is 6.92 Å². The van der Waals surface area contributed by atoms with Crippen molar-refractivity contribution in [2.24, 2.45) is 0 Å². The minimum absolute atomic E-state index is 0.259. The fraction of sp³-hybridized carbons (Fsp3) is 0.250. The lowest BCUT2D eigenvalue weighted by Gasteiger charge is -2.05. The molecule has 1 aliphatic rings. The quantitative estimate of drug-likeness (QED) is 0.738. The van der Waals surface area contributed by atoms with Gasteiger partial charge in [-0.05, 0) is 25.1 Å². The highest BCUT2D eigenvalue weighted by Crippen LogP contribution is 2.36. The first-order valence-corrected chi connectivity index (χ1v) is 5.72. The second kappa shape index (κ2) is 3.29. The van der Waals surface area contributed by atoms with Gasteiger partial charge < -0.3 is 4.74 Å². The lowest BCUT2D eigenvalue weighted by atomic mass is 10.1. The first-order chi connectivity index (χ1) is 7.25. The molecule has 1 aromatic heterocycles. The van der Waals surface area contributed by atoms with Gasteiger partial charge in [0, 0.05) is 21.1 Å². The molecule has 0 amide bonds. The highest BCUT2D eigenvalue weighted by atomic mass is 79.9. The summed E-state index contributed by atoms with van der Waals surface area (Å²) < 4.78 is 6.42. The molecule has 0 aliphatic carbocycles. The Labute approximate surface area is 96.4 Å². The molecule has 0 N–H and O–H groups in total. The number of aromatic nitrogens is 1. The third kappa shape index (κ3) is 1.56. The topological polar surface area (TPSA) is 25.4 Å². The van der Waals surface area contributed by atoms with E-state index >= 15 is 0 Å². The van der Waals surface area contributed by atoms with Crippen LogP contribution in [0.2, 0.25) is 0 Å². The molecule has 2 heterocycles. The number of halogens is 1. The Kier molecular flexibility index (Phi) is 2.04. The normalized spacial score (nSPS) is 19.5. The van der Waals surface area contributed by atoms with Gasteiger partial charge in [0.1, 0.15) is 6.10 Å². The Hall–Kier alpha value is -0.930. The fourth-order valence-electron chi connectivity index (χ4n) is 1.79. The highest BCUT2D eigenvalue weighted by molar-refractivity contribution is 9.10. The minimum atomic E-state index is 0.259. The molecular weight excluding hydrogens is 254 g/mol. The van der Waals surface area contributed by atoms with Gasteiger partial charge in [-0.3, -0.25) is 4.98 Å². The van der Waals surface area contributed by atoms with E-state index in [2.05, 4.69) is 39.1 Å². The third-order valence-corrected chi connectivity index (χ3v) is 3.35. The molecule has 1 fully saturated rings. The van der Waals surface area contributed by atoms with Gasteiger partial charge in [0.15, 0.2) is 0 Å². The van der Waals surface area contributed by atoms with Gasteiger partial charge in [-0.25, -0.2) is 0 Å². The van der Waals surface area contributed by atoms with Crippen molar-refractivity contribution in [1.29, 1.82) is 0 Å². The summed E-state index contributed by atoms with van der Waals surface area (Å²) in [6.07, 6.45) is 0.259. The maximum absolute atomic E-state index is 5.33. The molecule has 76 valence electrons. The maximum atomic E-state index is 5.33. The molecule has 1 aromatic carbocycles. The number of ether oxygens (including phenoxy) is 1. The number of pyridine rings is 1. The monoisotopic (exact) mass is 263 g/mol. The minimum Gasteiger partial charge on any atom is -0.368 e. The van der Waals surface area contributed by atoms with Gasteiger partial charge in [-0.2, -0.15) is 0 Å². The molecule has 1 aliphatic heterocycles. The number of hydrogen-bond acceptors (Lipinski definition) is 2. The van der Waals surface area contributed by atoms with Crippen molar-refractivity contribution in [3.8, 4) is 0 Å². The van der Waals surface area contributed by atoms with Crippen LogP contribution >= 0.6 is 15.9 Å². The van der Waals surface area contributed by atoms with Gasteiger partial charge in [-0.15, -0.1) is 0 Å². The molecule has 0 bridgehead atoms. The molecular formula is C12H10BrNO. The van der Waals surface area contributed by atoms with E-state index < -0.39 is 0 Å². The molecule has 0 radical (unpaired) electrons. The SMILES string of the molecule is Cc1ccc2c(Br)ccc(C3CO3)c2n1. The summed E-state index contributed by atoms with van der Waals surface area (Å²) in [5.41, 5.74) is 3.31. The molecule has 1 unspecified atom stereocenters. The van der Waals surface area contributed by atoms with E-state index in [-0.39, 0.29) is 6.10 Å². The smallest absolute Gasteiger partial charge is 0.108 e. The standard InChI is InChI=1S/C12H10BrNO/c1-7-2-3-8-10(13)5-4-9(11-6-15-11)12(8)14-7/h2-5,11H,6H2,1H3. The summed E-state index contributed by atoms with van der Waals surface area (Å²) >= 11 is 3.54. The summed E-state index contributed by atoms with van der Waals surface area (Å²) in [6.45, 7) is 2.84. The zero-order valence-electron chi connectivity index (χ0n) is 8.33. The number of rotatable bonds is 1. The van der Waals surface area contributed by atoms with Crippen molar-refractivity contribution in [3.05, 3.63) is 40.0 Å². The van der Waals surface area contributed by atoms with E-state index in [4.69, 9.17) is 4.74 Å². The summed E-state index contributed by atoms with van der Waals surface area (Å²) in [6, 6.07) is 8.30. The van der Waals surface area contributed by atoms with Crippen LogP contribution in [0.25, 0.3) is 10.9 Å². The first kappa shape index (κ1) is 9.31. The highest BCUT2D eigenvalue weighted by Gasteiger charge is 2.27. The van der Waals surface area contributed by atoms with Crippen LogP contribution in [-0.2, 0) is 4.74 Å². The molecule has 3 heteroatoms. The molecule has 3 rings (SSSR count).